The van der Waals surface area contributed by atoms with E-state index < -0.39 is 10.0 Å². The summed E-state index contributed by atoms with van der Waals surface area (Å²) < 4.78 is 38.5. The quantitative estimate of drug-likeness (QED) is 0.246. The molecule has 242 valence electrons. The molecular weight excluding hydrogens is 610 g/mol. The number of nitrogens with zero attached hydrogens (tertiary/aromatic N) is 2. The van der Waals surface area contributed by atoms with Gasteiger partial charge in [-0.1, -0.05) is 23.7 Å². The second kappa shape index (κ2) is 14.0. The maximum Gasteiger partial charge on any atom is 0.232 e. The predicted octanol–water partition coefficient (Wildman–Crippen LogP) is 6.75. The Kier molecular flexibility index (Phi) is 10.3. The van der Waals surface area contributed by atoms with E-state index in [4.69, 9.17) is 21.1 Å². The van der Waals surface area contributed by atoms with Crippen molar-refractivity contribution in [2.24, 2.45) is 5.92 Å². The minimum Gasteiger partial charge on any atom is -0.493 e. The lowest BCUT2D eigenvalue weighted by Crippen LogP contribution is -2.41. The number of methoxy groups -OCH3 is 1. The van der Waals surface area contributed by atoms with Crippen molar-refractivity contribution in [2.45, 2.75) is 71.1 Å². The Morgan fingerprint density at radius 3 is 2.27 bits per heavy atom. The van der Waals surface area contributed by atoms with E-state index in [1.165, 1.54) is 0 Å². The monoisotopic (exact) mass is 653 g/mol. The molecule has 0 bridgehead atoms. The average Bonchev–Trinajstić information content (AvgIpc) is 3.01. The lowest BCUT2D eigenvalue weighted by Gasteiger charge is -2.38. The zero-order valence-corrected chi connectivity index (χ0v) is 28.3. The van der Waals surface area contributed by atoms with E-state index in [9.17, 15) is 13.2 Å². The van der Waals surface area contributed by atoms with Gasteiger partial charge in [0.25, 0.3) is 0 Å². The molecule has 5 rings (SSSR count). The number of anilines is 2. The van der Waals surface area contributed by atoms with E-state index in [-0.39, 0.29) is 36.3 Å². The normalized spacial score (nSPS) is 20.2. The molecule has 1 N–H and O–H groups in total. The fourth-order valence-electron chi connectivity index (χ4n) is 6.49. The lowest BCUT2D eigenvalue weighted by molar-refractivity contribution is -0.118. The molecule has 1 atom stereocenters. The first-order valence-electron chi connectivity index (χ1n) is 15.7. The van der Waals surface area contributed by atoms with E-state index in [0.717, 1.165) is 60.3 Å². The van der Waals surface area contributed by atoms with Crippen molar-refractivity contribution in [1.29, 1.82) is 0 Å². The van der Waals surface area contributed by atoms with Gasteiger partial charge in [0.1, 0.15) is 0 Å². The van der Waals surface area contributed by atoms with Crippen LogP contribution in [0.15, 0.2) is 60.7 Å². The summed E-state index contributed by atoms with van der Waals surface area (Å²) in [5.41, 5.74) is 4.74. The molecule has 45 heavy (non-hydrogen) atoms. The number of rotatable bonds is 11. The maximum atomic E-state index is 13.9. The summed E-state index contributed by atoms with van der Waals surface area (Å²) in [6, 6.07) is 19.4. The van der Waals surface area contributed by atoms with E-state index in [1.807, 2.05) is 67.3 Å². The van der Waals surface area contributed by atoms with Crippen molar-refractivity contribution in [3.05, 3.63) is 82.4 Å². The molecule has 3 aromatic carbocycles. The number of hydrogen-bond donors (Lipinski definition) is 1. The van der Waals surface area contributed by atoms with Crippen molar-refractivity contribution in [3.8, 4) is 11.5 Å². The number of sulfonamides is 1. The molecule has 0 aromatic heterocycles. The van der Waals surface area contributed by atoms with E-state index in [0.29, 0.717) is 22.4 Å². The summed E-state index contributed by atoms with van der Waals surface area (Å²) in [6.07, 6.45) is 3.89. The van der Waals surface area contributed by atoms with E-state index in [1.54, 1.807) is 14.0 Å². The molecule has 10 heteroatoms. The Balaban J connectivity index is 1.38. The molecule has 3 aromatic rings. The number of hydrogen-bond acceptors (Lipinski definition) is 6. The van der Waals surface area contributed by atoms with Gasteiger partial charge in [-0.3, -0.25) is 4.79 Å². The van der Waals surface area contributed by atoms with E-state index >= 15 is 0 Å². The van der Waals surface area contributed by atoms with Crippen LogP contribution in [0, 0.1) is 5.92 Å². The third kappa shape index (κ3) is 7.76. The highest BCUT2D eigenvalue weighted by Crippen LogP contribution is 2.44. The molecule has 1 amide bonds. The third-order valence-electron chi connectivity index (χ3n) is 8.81. The highest BCUT2D eigenvalue weighted by atomic mass is 35.5. The number of ether oxygens (including phenoxy) is 2. The number of carbonyl (C=O) groups is 1. The number of amides is 1. The van der Waals surface area contributed by atoms with Crippen LogP contribution < -0.4 is 24.0 Å². The highest BCUT2D eigenvalue weighted by Gasteiger charge is 2.36. The summed E-state index contributed by atoms with van der Waals surface area (Å²) >= 11 is 6.26. The smallest absolute Gasteiger partial charge is 0.232 e. The molecule has 1 fully saturated rings. The van der Waals surface area contributed by atoms with Crippen LogP contribution in [0.1, 0.15) is 69.2 Å². The van der Waals surface area contributed by atoms with Gasteiger partial charge in [0, 0.05) is 36.0 Å². The van der Waals surface area contributed by atoms with Gasteiger partial charge >= 0.3 is 0 Å². The summed E-state index contributed by atoms with van der Waals surface area (Å²) in [5.74, 6) is 1.86. The van der Waals surface area contributed by atoms with Crippen LogP contribution >= 0.6 is 11.6 Å². The Morgan fingerprint density at radius 1 is 1.00 bits per heavy atom. The SMILES string of the molecule is CCS(=O)(=O)N[C@H]1CC[C@H](CN(C)c2ccc(N3C(=O)Cc4cc(OC)c(OC(C)C)cc4[C@@H]3c3ccc(Cl)cc3)cc2)CC1. The second-order valence-electron chi connectivity index (χ2n) is 12.4. The van der Waals surface area contributed by atoms with Crippen LogP contribution in [0.4, 0.5) is 11.4 Å². The average molecular weight is 654 g/mol. The van der Waals surface area contributed by atoms with Gasteiger partial charge in [-0.05, 0) is 118 Å². The van der Waals surface area contributed by atoms with Crippen molar-refractivity contribution in [3.63, 3.8) is 0 Å². The topological polar surface area (TPSA) is 88.2 Å². The Labute approximate surface area is 272 Å². The Hall–Kier alpha value is -3.27. The van der Waals surface area contributed by atoms with Crippen LogP contribution in [0.5, 0.6) is 11.5 Å². The predicted molar refractivity (Wildman–Crippen MR) is 181 cm³/mol. The molecule has 0 radical (unpaired) electrons. The molecule has 8 nitrogen and oxygen atoms in total. The molecule has 1 aliphatic heterocycles. The summed E-state index contributed by atoms with van der Waals surface area (Å²) in [5, 5.41) is 0.634. The van der Waals surface area contributed by atoms with Crippen LogP contribution in [0.3, 0.4) is 0 Å². The lowest BCUT2D eigenvalue weighted by atomic mass is 9.86. The first-order chi connectivity index (χ1) is 21.5. The fourth-order valence-corrected chi connectivity index (χ4v) is 7.53. The van der Waals surface area contributed by atoms with Gasteiger partial charge in [0.2, 0.25) is 15.9 Å². The highest BCUT2D eigenvalue weighted by molar-refractivity contribution is 7.89. The molecule has 0 unspecified atom stereocenters. The summed E-state index contributed by atoms with van der Waals surface area (Å²) in [4.78, 5) is 18.0. The fraction of sp³-hybridized carbons (Fsp3) is 0.457. The molecule has 0 saturated heterocycles. The van der Waals surface area contributed by atoms with Crippen LogP contribution in [-0.4, -0.2) is 52.9 Å². The number of nitrogens with one attached hydrogen (secondary N) is 1. The van der Waals surface area contributed by atoms with Crippen LogP contribution in [0.25, 0.3) is 0 Å². The largest absolute Gasteiger partial charge is 0.493 e. The van der Waals surface area contributed by atoms with Gasteiger partial charge in [0.05, 0.1) is 31.4 Å². The minimum absolute atomic E-state index is 0.00130. The van der Waals surface area contributed by atoms with Crippen molar-refractivity contribution in [2.75, 3.05) is 36.3 Å². The third-order valence-corrected chi connectivity index (χ3v) is 10.5. The zero-order valence-electron chi connectivity index (χ0n) is 26.8. The second-order valence-corrected chi connectivity index (χ2v) is 14.9. The number of halogens is 1. The molecule has 1 aliphatic carbocycles. The molecule has 2 aliphatic rings. The van der Waals surface area contributed by atoms with Gasteiger partial charge in [0.15, 0.2) is 11.5 Å². The van der Waals surface area contributed by atoms with Gasteiger partial charge in [-0.15, -0.1) is 0 Å². The zero-order chi connectivity index (χ0) is 32.3. The van der Waals surface area contributed by atoms with Crippen molar-refractivity contribution < 1.29 is 22.7 Å². The first kappa shape index (κ1) is 33.1. The molecule has 1 saturated carbocycles. The molecular formula is C35H44ClN3O5S. The minimum atomic E-state index is -3.18. The van der Waals surface area contributed by atoms with Crippen molar-refractivity contribution in [1.82, 2.24) is 4.72 Å². The van der Waals surface area contributed by atoms with Gasteiger partial charge in [-0.2, -0.15) is 0 Å². The maximum absolute atomic E-state index is 13.9. The van der Waals surface area contributed by atoms with Gasteiger partial charge in [-0.25, -0.2) is 13.1 Å². The summed E-state index contributed by atoms with van der Waals surface area (Å²) in [6.45, 7) is 6.51. The first-order valence-corrected chi connectivity index (χ1v) is 17.8. The molecule has 0 spiro atoms. The Bertz CT molecular complexity index is 1590. The van der Waals surface area contributed by atoms with Gasteiger partial charge < -0.3 is 19.3 Å². The van der Waals surface area contributed by atoms with Crippen molar-refractivity contribution >= 4 is 38.9 Å². The van der Waals surface area contributed by atoms with Crippen LogP contribution in [0.2, 0.25) is 5.02 Å². The summed E-state index contributed by atoms with van der Waals surface area (Å²) in [7, 11) is 0.524. The Morgan fingerprint density at radius 2 is 1.67 bits per heavy atom. The van der Waals surface area contributed by atoms with E-state index in [2.05, 4.69) is 28.8 Å². The number of fused-ring (bicyclic) bond motifs is 1. The number of benzene rings is 3. The van der Waals surface area contributed by atoms with Crippen LogP contribution in [-0.2, 0) is 21.2 Å². The molecule has 1 heterocycles. The standard InChI is InChI=1S/C35H44ClN3O5S/c1-6-45(41,42)37-28-13-7-24(8-14-28)22-38(4)29-15-17-30(18-16-29)39-34(40)20-26-19-32(43-5)33(44-23(2)3)21-31(26)35(39)25-9-11-27(36)12-10-25/h9-12,15-19,21,23-24,28,35,37H,6-8,13-14,20,22H2,1-5H3/t24-,28-,35-/m0/s1. The number of carbonyl (C=O) groups excluding carboxylic acids is 1.